The molecule has 2 N–H and O–H groups in total. The lowest BCUT2D eigenvalue weighted by atomic mass is 9.96. The van der Waals surface area contributed by atoms with Gasteiger partial charge in [-0.2, -0.15) is 0 Å². The van der Waals surface area contributed by atoms with E-state index < -0.39 is 0 Å². The molecule has 1 rings (SSSR count). The van der Waals surface area contributed by atoms with E-state index in [1.165, 1.54) is 38.5 Å². The third kappa shape index (κ3) is 7.28. The molecule has 1 atom stereocenters. The molecule has 0 aliphatic heterocycles. The lowest BCUT2D eigenvalue weighted by Crippen LogP contribution is -2.49. The molecular weight excluding hydrogens is 238 g/mol. The standard InChI is InChI=1S/C16H33NO2/c1-14(2)17-16(3,13-18)11-8-12-19-15-9-6-4-5-7-10-15/h14-15,17-18H,4-13H2,1-3H3. The van der Waals surface area contributed by atoms with Gasteiger partial charge in [0.05, 0.1) is 12.7 Å². The van der Waals surface area contributed by atoms with Crippen molar-refractivity contribution in [3.05, 3.63) is 0 Å². The SMILES string of the molecule is CC(C)NC(C)(CO)CCCOC1CCCCCC1. The van der Waals surface area contributed by atoms with Gasteiger partial charge in [0.2, 0.25) is 0 Å². The fraction of sp³-hybridized carbons (Fsp3) is 1.00. The fourth-order valence-electron chi connectivity index (χ4n) is 3.01. The lowest BCUT2D eigenvalue weighted by molar-refractivity contribution is 0.0349. The predicted molar refractivity (Wildman–Crippen MR) is 80.4 cm³/mol. The van der Waals surface area contributed by atoms with Crippen molar-refractivity contribution in [1.82, 2.24) is 5.32 Å². The summed E-state index contributed by atoms with van der Waals surface area (Å²) in [6, 6.07) is 0.403. The van der Waals surface area contributed by atoms with Gasteiger partial charge in [-0.25, -0.2) is 0 Å². The number of ether oxygens (including phenoxy) is 1. The summed E-state index contributed by atoms with van der Waals surface area (Å²) in [4.78, 5) is 0. The third-order valence-electron chi connectivity index (χ3n) is 4.01. The highest BCUT2D eigenvalue weighted by Gasteiger charge is 2.23. The van der Waals surface area contributed by atoms with E-state index in [4.69, 9.17) is 4.74 Å². The molecule has 0 saturated heterocycles. The number of hydrogen-bond acceptors (Lipinski definition) is 3. The number of aliphatic hydroxyl groups is 1. The molecule has 0 aromatic carbocycles. The van der Waals surface area contributed by atoms with E-state index >= 15 is 0 Å². The van der Waals surface area contributed by atoms with Crippen molar-refractivity contribution in [3.63, 3.8) is 0 Å². The Bertz CT molecular complexity index is 225. The molecule has 1 fully saturated rings. The van der Waals surface area contributed by atoms with Crippen LogP contribution in [-0.2, 0) is 4.74 Å². The van der Waals surface area contributed by atoms with Gasteiger partial charge in [0.15, 0.2) is 0 Å². The molecule has 0 spiro atoms. The van der Waals surface area contributed by atoms with Crippen LogP contribution in [0.5, 0.6) is 0 Å². The van der Waals surface area contributed by atoms with Gasteiger partial charge in [-0.1, -0.05) is 39.5 Å². The molecule has 0 amide bonds. The van der Waals surface area contributed by atoms with Crippen LogP contribution < -0.4 is 5.32 Å². The second-order valence-corrected chi connectivity index (χ2v) is 6.61. The summed E-state index contributed by atoms with van der Waals surface area (Å²) < 4.78 is 6.00. The van der Waals surface area contributed by atoms with Gasteiger partial charge in [0.25, 0.3) is 0 Å². The smallest absolute Gasteiger partial charge is 0.0610 e. The Morgan fingerprint density at radius 3 is 2.37 bits per heavy atom. The minimum absolute atomic E-state index is 0.166. The summed E-state index contributed by atoms with van der Waals surface area (Å²) in [6.07, 6.45) is 10.4. The first-order chi connectivity index (χ1) is 9.06. The van der Waals surface area contributed by atoms with E-state index in [0.29, 0.717) is 12.1 Å². The fourth-order valence-corrected chi connectivity index (χ4v) is 3.01. The molecule has 0 heterocycles. The summed E-state index contributed by atoms with van der Waals surface area (Å²) in [7, 11) is 0. The zero-order valence-electron chi connectivity index (χ0n) is 13.1. The molecule has 114 valence electrons. The number of hydrogen-bond donors (Lipinski definition) is 2. The Balaban J connectivity index is 2.17. The molecule has 1 saturated carbocycles. The zero-order valence-corrected chi connectivity index (χ0v) is 13.1. The molecule has 0 aromatic heterocycles. The molecule has 1 aliphatic rings. The molecular formula is C16H33NO2. The molecule has 1 unspecified atom stereocenters. The van der Waals surface area contributed by atoms with Crippen molar-refractivity contribution in [2.75, 3.05) is 13.2 Å². The van der Waals surface area contributed by atoms with E-state index in [9.17, 15) is 5.11 Å². The largest absolute Gasteiger partial charge is 0.394 e. The lowest BCUT2D eigenvalue weighted by Gasteiger charge is -2.31. The average Bonchev–Trinajstić information content (AvgIpc) is 2.62. The van der Waals surface area contributed by atoms with Crippen molar-refractivity contribution in [2.45, 2.75) is 89.8 Å². The van der Waals surface area contributed by atoms with Crippen LogP contribution in [0.3, 0.4) is 0 Å². The van der Waals surface area contributed by atoms with Gasteiger partial charge in [0, 0.05) is 18.2 Å². The van der Waals surface area contributed by atoms with Crippen LogP contribution >= 0.6 is 0 Å². The first kappa shape index (κ1) is 16.9. The maximum absolute atomic E-state index is 9.52. The summed E-state index contributed by atoms with van der Waals surface area (Å²) in [6.45, 7) is 7.36. The van der Waals surface area contributed by atoms with E-state index in [2.05, 4.69) is 26.1 Å². The minimum atomic E-state index is -0.166. The van der Waals surface area contributed by atoms with Crippen molar-refractivity contribution >= 4 is 0 Å². The van der Waals surface area contributed by atoms with Crippen LogP contribution in [0.25, 0.3) is 0 Å². The molecule has 3 nitrogen and oxygen atoms in total. The topological polar surface area (TPSA) is 41.5 Å². The molecule has 1 aliphatic carbocycles. The van der Waals surface area contributed by atoms with Crippen molar-refractivity contribution in [2.24, 2.45) is 0 Å². The Morgan fingerprint density at radius 1 is 1.21 bits per heavy atom. The zero-order chi connectivity index (χ0) is 14.1. The highest BCUT2D eigenvalue weighted by molar-refractivity contribution is 4.83. The highest BCUT2D eigenvalue weighted by Crippen LogP contribution is 2.20. The van der Waals surface area contributed by atoms with Crippen molar-refractivity contribution in [1.29, 1.82) is 0 Å². The van der Waals surface area contributed by atoms with Gasteiger partial charge in [-0.15, -0.1) is 0 Å². The molecule has 3 heteroatoms. The van der Waals surface area contributed by atoms with Crippen LogP contribution in [0.2, 0.25) is 0 Å². The Labute approximate surface area is 119 Å². The summed E-state index contributed by atoms with van der Waals surface area (Å²) in [5, 5.41) is 13.0. The predicted octanol–water partition coefficient (Wildman–Crippen LogP) is 3.26. The van der Waals surface area contributed by atoms with Gasteiger partial charge in [-0.3, -0.25) is 0 Å². The van der Waals surface area contributed by atoms with Crippen LogP contribution in [0.1, 0.15) is 72.1 Å². The van der Waals surface area contributed by atoms with Crippen molar-refractivity contribution in [3.8, 4) is 0 Å². The molecule has 0 bridgehead atoms. The van der Waals surface area contributed by atoms with E-state index in [1.54, 1.807) is 0 Å². The van der Waals surface area contributed by atoms with Gasteiger partial charge < -0.3 is 15.2 Å². The van der Waals surface area contributed by atoms with E-state index in [0.717, 1.165) is 19.4 Å². The van der Waals surface area contributed by atoms with E-state index in [1.807, 2.05) is 0 Å². The van der Waals surface area contributed by atoms with E-state index in [-0.39, 0.29) is 12.1 Å². The van der Waals surface area contributed by atoms with Gasteiger partial charge >= 0.3 is 0 Å². The maximum atomic E-state index is 9.52. The first-order valence-electron chi connectivity index (χ1n) is 8.06. The Hall–Kier alpha value is -0.120. The number of rotatable bonds is 8. The Kier molecular flexibility index (Phi) is 7.96. The van der Waals surface area contributed by atoms with Crippen LogP contribution in [0.4, 0.5) is 0 Å². The maximum Gasteiger partial charge on any atom is 0.0610 e. The quantitative estimate of drug-likeness (QED) is 0.526. The van der Waals surface area contributed by atoms with Crippen LogP contribution in [0.15, 0.2) is 0 Å². The summed E-state index contributed by atoms with van der Waals surface area (Å²) in [5.74, 6) is 0. The van der Waals surface area contributed by atoms with Crippen LogP contribution in [0, 0.1) is 0 Å². The number of nitrogens with one attached hydrogen (secondary N) is 1. The third-order valence-corrected chi connectivity index (χ3v) is 4.01. The average molecular weight is 271 g/mol. The van der Waals surface area contributed by atoms with Gasteiger partial charge in [0.1, 0.15) is 0 Å². The first-order valence-corrected chi connectivity index (χ1v) is 8.06. The monoisotopic (exact) mass is 271 g/mol. The normalized spacial score (nSPS) is 21.3. The second-order valence-electron chi connectivity index (χ2n) is 6.61. The molecule has 19 heavy (non-hydrogen) atoms. The van der Waals surface area contributed by atoms with Gasteiger partial charge in [-0.05, 0) is 32.6 Å². The minimum Gasteiger partial charge on any atom is -0.394 e. The number of aliphatic hydroxyl groups excluding tert-OH is 1. The summed E-state index contributed by atoms with van der Waals surface area (Å²) >= 11 is 0. The van der Waals surface area contributed by atoms with Crippen molar-refractivity contribution < 1.29 is 9.84 Å². The Morgan fingerprint density at radius 2 is 1.84 bits per heavy atom. The molecule has 0 aromatic rings. The second kappa shape index (κ2) is 8.93. The van der Waals surface area contributed by atoms with Crippen LogP contribution in [-0.4, -0.2) is 36.0 Å². The molecule has 0 radical (unpaired) electrons. The highest BCUT2D eigenvalue weighted by atomic mass is 16.5. The summed E-state index contributed by atoms with van der Waals surface area (Å²) in [5.41, 5.74) is -0.166.